The molecule has 1 rings (SSSR count). The van der Waals surface area contributed by atoms with Crippen molar-refractivity contribution in [1.29, 1.82) is 0 Å². The molecule has 0 atom stereocenters. The average molecular weight is 165 g/mol. The quantitative estimate of drug-likeness (QED) is 0.636. The molecule has 3 nitrogen and oxygen atoms in total. The topological polar surface area (TPSA) is 51.8 Å². The minimum absolute atomic E-state index is 0.0256. The Labute approximate surface area is 73.0 Å². The van der Waals surface area contributed by atoms with Gasteiger partial charge in [0.1, 0.15) is 11.6 Å². The van der Waals surface area contributed by atoms with E-state index in [0.717, 1.165) is 11.4 Å². The lowest BCUT2D eigenvalue weighted by atomic mass is 9.88. The molecule has 1 aromatic rings. The van der Waals surface area contributed by atoms with E-state index < -0.39 is 0 Å². The highest BCUT2D eigenvalue weighted by Gasteiger charge is 2.17. The van der Waals surface area contributed by atoms with Gasteiger partial charge in [0, 0.05) is 11.8 Å². The number of nitrogens with zero attached hydrogens (tertiary/aromatic N) is 2. The Balaban J connectivity index is 3.19. The Hall–Kier alpha value is -1.12. The van der Waals surface area contributed by atoms with Gasteiger partial charge in [-0.15, -0.1) is 0 Å². The fraction of sp³-hybridized carbons (Fsp3) is 0.556. The van der Waals surface area contributed by atoms with Crippen LogP contribution in [0.2, 0.25) is 0 Å². The van der Waals surface area contributed by atoms with Gasteiger partial charge in [0.2, 0.25) is 0 Å². The summed E-state index contributed by atoms with van der Waals surface area (Å²) in [5, 5.41) is 0. The first-order valence-electron chi connectivity index (χ1n) is 4.01. The molecule has 2 N–H and O–H groups in total. The molecule has 0 radical (unpaired) electrons. The van der Waals surface area contributed by atoms with E-state index >= 15 is 0 Å². The van der Waals surface area contributed by atoms with Gasteiger partial charge in [0.25, 0.3) is 0 Å². The van der Waals surface area contributed by atoms with Crippen LogP contribution in [0.3, 0.4) is 0 Å². The molecule has 0 fully saturated rings. The summed E-state index contributed by atoms with van der Waals surface area (Å²) >= 11 is 0. The van der Waals surface area contributed by atoms with E-state index in [1.54, 1.807) is 6.20 Å². The number of hydrogen-bond donors (Lipinski definition) is 1. The van der Waals surface area contributed by atoms with Gasteiger partial charge in [0.05, 0.1) is 0 Å². The van der Waals surface area contributed by atoms with Gasteiger partial charge in [-0.1, -0.05) is 20.8 Å². The van der Waals surface area contributed by atoms with E-state index in [1.807, 2.05) is 6.92 Å². The molecule has 0 bridgehead atoms. The number of aromatic nitrogens is 2. The van der Waals surface area contributed by atoms with E-state index in [9.17, 15) is 0 Å². The molecular formula is C9H15N3. The highest BCUT2D eigenvalue weighted by atomic mass is 14.9. The van der Waals surface area contributed by atoms with Gasteiger partial charge in [-0.05, 0) is 12.3 Å². The molecule has 0 unspecified atom stereocenters. The Bertz CT molecular complexity index is 286. The van der Waals surface area contributed by atoms with Crippen molar-refractivity contribution in [3.8, 4) is 0 Å². The largest absolute Gasteiger partial charge is 0.383 e. The van der Waals surface area contributed by atoms with Crippen LogP contribution in [0.1, 0.15) is 32.2 Å². The molecule has 0 saturated carbocycles. The van der Waals surface area contributed by atoms with Gasteiger partial charge in [-0.25, -0.2) is 9.97 Å². The van der Waals surface area contributed by atoms with Gasteiger partial charge in [0.15, 0.2) is 0 Å². The molecule has 0 aliphatic carbocycles. The summed E-state index contributed by atoms with van der Waals surface area (Å²) in [6, 6.07) is 0. The highest BCUT2D eigenvalue weighted by Crippen LogP contribution is 2.25. The normalized spacial score (nSPS) is 11.7. The Morgan fingerprint density at radius 3 is 2.33 bits per heavy atom. The summed E-state index contributed by atoms with van der Waals surface area (Å²) < 4.78 is 0. The van der Waals surface area contributed by atoms with Gasteiger partial charge in [-0.3, -0.25) is 0 Å². The lowest BCUT2D eigenvalue weighted by Gasteiger charge is -2.19. The van der Waals surface area contributed by atoms with Gasteiger partial charge < -0.3 is 5.73 Å². The monoisotopic (exact) mass is 165 g/mol. The molecular weight excluding hydrogens is 150 g/mol. The maximum atomic E-state index is 5.76. The number of anilines is 1. The number of nitrogen functional groups attached to an aromatic ring is 1. The molecule has 0 amide bonds. The van der Waals surface area contributed by atoms with Crippen molar-refractivity contribution in [2.24, 2.45) is 0 Å². The fourth-order valence-electron chi connectivity index (χ4n) is 1.07. The predicted molar refractivity (Wildman–Crippen MR) is 49.9 cm³/mol. The molecule has 66 valence electrons. The lowest BCUT2D eigenvalue weighted by molar-refractivity contribution is 0.586. The van der Waals surface area contributed by atoms with Crippen molar-refractivity contribution < 1.29 is 0 Å². The fourth-order valence-corrected chi connectivity index (χ4v) is 1.07. The highest BCUT2D eigenvalue weighted by molar-refractivity contribution is 5.41. The minimum atomic E-state index is 0.0256. The summed E-state index contributed by atoms with van der Waals surface area (Å²) in [4.78, 5) is 8.22. The summed E-state index contributed by atoms with van der Waals surface area (Å²) in [5.41, 5.74) is 6.79. The lowest BCUT2D eigenvalue weighted by Crippen LogP contribution is -2.16. The first kappa shape index (κ1) is 8.97. The van der Waals surface area contributed by atoms with E-state index in [4.69, 9.17) is 5.73 Å². The Morgan fingerprint density at radius 2 is 1.92 bits per heavy atom. The van der Waals surface area contributed by atoms with E-state index in [-0.39, 0.29) is 5.41 Å². The van der Waals surface area contributed by atoms with Crippen molar-refractivity contribution in [2.75, 3.05) is 5.73 Å². The molecule has 0 spiro atoms. The van der Waals surface area contributed by atoms with Crippen LogP contribution in [0.15, 0.2) is 6.20 Å². The smallest absolute Gasteiger partial charge is 0.130 e. The number of nitrogens with two attached hydrogens (primary N) is 1. The molecule has 12 heavy (non-hydrogen) atoms. The van der Waals surface area contributed by atoms with Crippen LogP contribution in [0.5, 0.6) is 0 Å². The molecule has 1 aromatic heterocycles. The number of hydrogen-bond acceptors (Lipinski definition) is 3. The maximum absolute atomic E-state index is 5.76. The van der Waals surface area contributed by atoms with Crippen LogP contribution in [0, 0.1) is 6.92 Å². The second-order valence-corrected chi connectivity index (χ2v) is 3.97. The summed E-state index contributed by atoms with van der Waals surface area (Å²) in [6.07, 6.45) is 1.80. The molecule has 0 aliphatic heterocycles. The standard InChI is InChI=1S/C9H15N3/c1-6-11-5-7(8(10)12-6)9(2,3)4/h5H,1-4H3,(H2,10,11,12). The zero-order valence-corrected chi connectivity index (χ0v) is 8.05. The third-order valence-electron chi connectivity index (χ3n) is 1.75. The molecule has 0 aromatic carbocycles. The maximum Gasteiger partial charge on any atom is 0.130 e. The third kappa shape index (κ3) is 1.72. The van der Waals surface area contributed by atoms with E-state index in [2.05, 4.69) is 30.7 Å². The number of rotatable bonds is 0. The van der Waals surface area contributed by atoms with Crippen molar-refractivity contribution in [3.05, 3.63) is 17.6 Å². The summed E-state index contributed by atoms with van der Waals surface area (Å²) in [5.74, 6) is 1.32. The minimum Gasteiger partial charge on any atom is -0.383 e. The van der Waals surface area contributed by atoms with Crippen molar-refractivity contribution in [3.63, 3.8) is 0 Å². The van der Waals surface area contributed by atoms with Gasteiger partial charge >= 0.3 is 0 Å². The van der Waals surface area contributed by atoms with E-state index in [1.165, 1.54) is 0 Å². The predicted octanol–water partition coefficient (Wildman–Crippen LogP) is 1.66. The SMILES string of the molecule is Cc1ncc(C(C)(C)C)c(N)n1. The molecule has 0 saturated heterocycles. The zero-order chi connectivity index (χ0) is 9.35. The average Bonchev–Trinajstić information content (AvgIpc) is 1.83. The number of aryl methyl sites for hydroxylation is 1. The van der Waals surface area contributed by atoms with Crippen LogP contribution < -0.4 is 5.73 Å². The first-order valence-corrected chi connectivity index (χ1v) is 4.01. The van der Waals surface area contributed by atoms with Gasteiger partial charge in [-0.2, -0.15) is 0 Å². The van der Waals surface area contributed by atoms with Crippen molar-refractivity contribution in [2.45, 2.75) is 33.1 Å². The third-order valence-corrected chi connectivity index (χ3v) is 1.75. The Morgan fingerprint density at radius 1 is 1.33 bits per heavy atom. The van der Waals surface area contributed by atoms with Crippen LogP contribution in [-0.4, -0.2) is 9.97 Å². The molecule has 0 aliphatic rings. The van der Waals surface area contributed by atoms with E-state index in [0.29, 0.717) is 5.82 Å². The summed E-state index contributed by atoms with van der Waals surface area (Å²) in [7, 11) is 0. The zero-order valence-electron chi connectivity index (χ0n) is 8.05. The van der Waals surface area contributed by atoms with Crippen LogP contribution >= 0.6 is 0 Å². The first-order chi connectivity index (χ1) is 5.41. The van der Waals surface area contributed by atoms with Crippen LogP contribution in [0.25, 0.3) is 0 Å². The van der Waals surface area contributed by atoms with Crippen molar-refractivity contribution in [1.82, 2.24) is 9.97 Å². The second kappa shape index (κ2) is 2.73. The Kier molecular flexibility index (Phi) is 2.04. The second-order valence-electron chi connectivity index (χ2n) is 3.97. The van der Waals surface area contributed by atoms with Crippen molar-refractivity contribution >= 4 is 5.82 Å². The van der Waals surface area contributed by atoms with Crippen LogP contribution in [-0.2, 0) is 5.41 Å². The van der Waals surface area contributed by atoms with Crippen LogP contribution in [0.4, 0.5) is 5.82 Å². The molecule has 3 heteroatoms. The summed E-state index contributed by atoms with van der Waals surface area (Å²) in [6.45, 7) is 8.12. The molecule has 1 heterocycles.